The zero-order valence-corrected chi connectivity index (χ0v) is 12.3. The molecule has 0 radical (unpaired) electrons. The lowest BCUT2D eigenvalue weighted by Gasteiger charge is -2.31. The Kier molecular flexibility index (Phi) is 6.09. The van der Waals surface area contributed by atoms with Crippen molar-refractivity contribution < 1.29 is 9.53 Å². The van der Waals surface area contributed by atoms with E-state index in [0.29, 0.717) is 6.04 Å². The van der Waals surface area contributed by atoms with Crippen molar-refractivity contribution in [3.63, 3.8) is 0 Å². The molecule has 0 aliphatic heterocycles. The van der Waals surface area contributed by atoms with Gasteiger partial charge in [-0.25, -0.2) is 0 Å². The molecule has 0 aromatic carbocycles. The molecular weight excluding hydrogens is 228 g/mol. The normalized spacial score (nSPS) is 20.1. The van der Waals surface area contributed by atoms with Gasteiger partial charge in [-0.1, -0.05) is 19.8 Å². The summed E-state index contributed by atoms with van der Waals surface area (Å²) in [6.45, 7) is 5.66. The minimum atomic E-state index is -0.559. The van der Waals surface area contributed by atoms with Gasteiger partial charge in [0.2, 0.25) is 0 Å². The van der Waals surface area contributed by atoms with Crippen LogP contribution in [0.3, 0.4) is 0 Å². The third kappa shape index (κ3) is 3.95. The molecule has 0 aromatic heterocycles. The van der Waals surface area contributed by atoms with E-state index in [1.807, 2.05) is 13.8 Å². The minimum Gasteiger partial charge on any atom is -0.468 e. The molecular formula is C14H28N2O2. The number of nitrogens with zero attached hydrogens (tertiary/aromatic N) is 1. The summed E-state index contributed by atoms with van der Waals surface area (Å²) < 4.78 is 4.91. The van der Waals surface area contributed by atoms with E-state index >= 15 is 0 Å². The molecule has 4 nitrogen and oxygen atoms in total. The summed E-state index contributed by atoms with van der Waals surface area (Å²) in [4.78, 5) is 14.2. The molecule has 1 saturated carbocycles. The first-order chi connectivity index (χ1) is 8.53. The lowest BCUT2D eigenvalue weighted by atomic mass is 9.97. The van der Waals surface area contributed by atoms with Crippen LogP contribution < -0.4 is 5.32 Å². The fourth-order valence-corrected chi connectivity index (χ4v) is 2.81. The molecule has 0 bridgehead atoms. The lowest BCUT2D eigenvalue weighted by Crippen LogP contribution is -2.52. The highest BCUT2D eigenvalue weighted by Gasteiger charge is 2.34. The van der Waals surface area contributed by atoms with E-state index in [4.69, 9.17) is 4.74 Å². The van der Waals surface area contributed by atoms with Gasteiger partial charge >= 0.3 is 5.97 Å². The van der Waals surface area contributed by atoms with Gasteiger partial charge in [-0.3, -0.25) is 4.79 Å². The van der Waals surface area contributed by atoms with Crippen LogP contribution in [0, 0.1) is 0 Å². The fraction of sp³-hybridized carbons (Fsp3) is 0.929. The Morgan fingerprint density at radius 2 is 2.06 bits per heavy atom. The Bertz CT molecular complexity index is 265. The molecule has 0 heterocycles. The number of nitrogens with one attached hydrogen (secondary N) is 1. The second-order valence-corrected chi connectivity index (χ2v) is 5.52. The number of ether oxygens (including phenoxy) is 1. The van der Waals surface area contributed by atoms with Gasteiger partial charge in [0.15, 0.2) is 0 Å². The van der Waals surface area contributed by atoms with Crippen LogP contribution in [0.25, 0.3) is 0 Å². The molecule has 18 heavy (non-hydrogen) atoms. The molecule has 1 N–H and O–H groups in total. The summed E-state index contributed by atoms with van der Waals surface area (Å²) in [5, 5.41) is 3.25. The van der Waals surface area contributed by atoms with Gasteiger partial charge < -0.3 is 15.0 Å². The van der Waals surface area contributed by atoms with E-state index in [1.54, 1.807) is 0 Å². The van der Waals surface area contributed by atoms with E-state index in [1.165, 1.54) is 32.8 Å². The van der Waals surface area contributed by atoms with Crippen LogP contribution in [0.4, 0.5) is 0 Å². The summed E-state index contributed by atoms with van der Waals surface area (Å²) in [6, 6.07) is 0.702. The Hall–Kier alpha value is -0.610. The molecule has 0 amide bonds. The van der Waals surface area contributed by atoms with Crippen LogP contribution in [-0.4, -0.2) is 49.7 Å². The standard InChI is InChI=1S/C14H28N2O2/c1-5-15-14(2,13(17)18-4)10-11-16(3)12-8-6-7-9-12/h12,15H,5-11H2,1-4H3. The van der Waals surface area contributed by atoms with E-state index in [-0.39, 0.29) is 5.97 Å². The van der Waals surface area contributed by atoms with E-state index in [2.05, 4.69) is 17.3 Å². The number of hydrogen-bond donors (Lipinski definition) is 1. The number of hydrogen-bond acceptors (Lipinski definition) is 4. The van der Waals surface area contributed by atoms with Crippen LogP contribution in [0.5, 0.6) is 0 Å². The number of carbonyl (C=O) groups excluding carboxylic acids is 1. The van der Waals surface area contributed by atoms with E-state index in [0.717, 1.165) is 19.5 Å². The second kappa shape index (κ2) is 7.10. The highest BCUT2D eigenvalue weighted by atomic mass is 16.5. The number of esters is 1. The van der Waals surface area contributed by atoms with Gasteiger partial charge in [-0.2, -0.15) is 0 Å². The minimum absolute atomic E-state index is 0.163. The zero-order valence-electron chi connectivity index (χ0n) is 12.3. The van der Waals surface area contributed by atoms with Crippen molar-refractivity contribution in [2.24, 2.45) is 0 Å². The smallest absolute Gasteiger partial charge is 0.325 e. The number of methoxy groups -OCH3 is 1. The van der Waals surface area contributed by atoms with Crippen LogP contribution in [0.2, 0.25) is 0 Å². The summed E-state index contributed by atoms with van der Waals surface area (Å²) in [6.07, 6.45) is 6.08. The molecule has 4 heteroatoms. The molecule has 1 aliphatic rings. The number of rotatable bonds is 7. The molecule has 1 unspecified atom stereocenters. The first-order valence-electron chi connectivity index (χ1n) is 7.07. The maximum absolute atomic E-state index is 11.9. The summed E-state index contributed by atoms with van der Waals surface area (Å²) >= 11 is 0. The summed E-state index contributed by atoms with van der Waals surface area (Å²) in [5.41, 5.74) is -0.559. The van der Waals surface area contributed by atoms with Gasteiger partial charge in [0.1, 0.15) is 5.54 Å². The molecule has 1 aliphatic carbocycles. The van der Waals surface area contributed by atoms with Gasteiger partial charge in [0.25, 0.3) is 0 Å². The molecule has 106 valence electrons. The molecule has 1 atom stereocenters. The maximum atomic E-state index is 11.9. The second-order valence-electron chi connectivity index (χ2n) is 5.52. The zero-order chi connectivity index (χ0) is 13.6. The van der Waals surface area contributed by atoms with Crippen molar-refractivity contribution >= 4 is 5.97 Å². The predicted molar refractivity (Wildman–Crippen MR) is 73.6 cm³/mol. The quantitative estimate of drug-likeness (QED) is 0.705. The first kappa shape index (κ1) is 15.4. The van der Waals surface area contributed by atoms with Crippen LogP contribution in [0.15, 0.2) is 0 Å². The number of likely N-dealkylation sites (N-methyl/N-ethyl adjacent to an activating group) is 1. The van der Waals surface area contributed by atoms with Gasteiger partial charge in [0.05, 0.1) is 7.11 Å². The Labute approximate surface area is 111 Å². The topological polar surface area (TPSA) is 41.6 Å². The van der Waals surface area contributed by atoms with Gasteiger partial charge in [-0.15, -0.1) is 0 Å². The molecule has 0 aromatic rings. The fourth-order valence-electron chi connectivity index (χ4n) is 2.81. The largest absolute Gasteiger partial charge is 0.468 e. The average Bonchev–Trinajstić information content (AvgIpc) is 2.89. The van der Waals surface area contributed by atoms with E-state index < -0.39 is 5.54 Å². The van der Waals surface area contributed by atoms with Crippen molar-refractivity contribution in [1.29, 1.82) is 0 Å². The monoisotopic (exact) mass is 256 g/mol. The Morgan fingerprint density at radius 3 is 2.56 bits per heavy atom. The first-order valence-corrected chi connectivity index (χ1v) is 7.07. The number of carbonyl (C=O) groups is 1. The third-order valence-electron chi connectivity index (χ3n) is 4.12. The molecule has 1 fully saturated rings. The predicted octanol–water partition coefficient (Wildman–Crippen LogP) is 1.79. The molecule has 1 rings (SSSR count). The molecule has 0 spiro atoms. The van der Waals surface area contributed by atoms with Gasteiger partial charge in [0, 0.05) is 12.6 Å². The van der Waals surface area contributed by atoms with Crippen LogP contribution in [0.1, 0.15) is 46.0 Å². The van der Waals surface area contributed by atoms with Crippen molar-refractivity contribution in [3.05, 3.63) is 0 Å². The third-order valence-corrected chi connectivity index (χ3v) is 4.12. The van der Waals surface area contributed by atoms with Crippen LogP contribution in [-0.2, 0) is 9.53 Å². The summed E-state index contributed by atoms with van der Waals surface area (Å²) in [5.74, 6) is -0.163. The highest BCUT2D eigenvalue weighted by molar-refractivity contribution is 5.80. The highest BCUT2D eigenvalue weighted by Crippen LogP contribution is 2.23. The van der Waals surface area contributed by atoms with Crippen molar-refractivity contribution in [2.45, 2.75) is 57.5 Å². The van der Waals surface area contributed by atoms with E-state index in [9.17, 15) is 4.79 Å². The van der Waals surface area contributed by atoms with Gasteiger partial charge in [-0.05, 0) is 39.8 Å². The molecule has 0 saturated heterocycles. The lowest BCUT2D eigenvalue weighted by molar-refractivity contribution is -0.148. The van der Waals surface area contributed by atoms with Crippen molar-refractivity contribution in [2.75, 3.05) is 27.2 Å². The van der Waals surface area contributed by atoms with Crippen molar-refractivity contribution in [1.82, 2.24) is 10.2 Å². The summed E-state index contributed by atoms with van der Waals surface area (Å²) in [7, 11) is 3.62. The van der Waals surface area contributed by atoms with Crippen LogP contribution >= 0.6 is 0 Å². The van der Waals surface area contributed by atoms with Crippen molar-refractivity contribution in [3.8, 4) is 0 Å². The maximum Gasteiger partial charge on any atom is 0.325 e. The Morgan fingerprint density at radius 1 is 1.44 bits per heavy atom. The SMILES string of the molecule is CCNC(C)(CCN(C)C1CCCC1)C(=O)OC. The average molecular weight is 256 g/mol. The Balaban J connectivity index is 2.48.